The van der Waals surface area contributed by atoms with Gasteiger partial charge in [0.05, 0.1) is 35.4 Å². The smallest absolute Gasteiger partial charge is 0.246 e. The molecule has 5 N–H and O–H groups in total. The van der Waals surface area contributed by atoms with E-state index >= 15 is 0 Å². The van der Waals surface area contributed by atoms with Crippen LogP contribution in [0.5, 0.6) is 5.75 Å². The number of nitrogen functional groups attached to an aromatic ring is 1. The molecular formula is C33H43N5O6S. The minimum absolute atomic E-state index is 0.00672. The molecule has 1 fully saturated rings. The molecule has 0 radical (unpaired) electrons. The molecule has 2 heterocycles. The number of β-amino-alcohol motifs (C(OH)–C–C–N with tert-alkyl or cyclic N) is 1. The number of hydrogen-bond donors (Lipinski definition) is 4. The van der Waals surface area contributed by atoms with Gasteiger partial charge < -0.3 is 35.8 Å². The van der Waals surface area contributed by atoms with E-state index in [2.05, 4.69) is 15.6 Å². The first-order valence-electron chi connectivity index (χ1n) is 15.0. The molecule has 0 aliphatic carbocycles. The summed E-state index contributed by atoms with van der Waals surface area (Å²) in [6.45, 7) is 8.24. The molecule has 1 saturated heterocycles. The molecule has 242 valence electrons. The fourth-order valence-electron chi connectivity index (χ4n) is 5.06. The van der Waals surface area contributed by atoms with Crippen molar-refractivity contribution in [3.63, 3.8) is 0 Å². The summed E-state index contributed by atoms with van der Waals surface area (Å²) in [7, 11) is 0. The molecule has 1 aliphatic rings. The highest BCUT2D eigenvalue weighted by Gasteiger charge is 2.44. The lowest BCUT2D eigenvalue weighted by atomic mass is 9.85. The lowest BCUT2D eigenvalue weighted by molar-refractivity contribution is -0.144. The van der Waals surface area contributed by atoms with Gasteiger partial charge in [0, 0.05) is 31.6 Å². The van der Waals surface area contributed by atoms with Gasteiger partial charge in [-0.2, -0.15) is 0 Å². The van der Waals surface area contributed by atoms with Crippen molar-refractivity contribution < 1.29 is 29.0 Å². The van der Waals surface area contributed by atoms with Crippen molar-refractivity contribution in [2.24, 2.45) is 5.41 Å². The average Bonchev–Trinajstić information content (AvgIpc) is 3.62. The van der Waals surface area contributed by atoms with Crippen LogP contribution in [0.1, 0.15) is 44.9 Å². The molecule has 0 saturated carbocycles. The number of benzene rings is 2. The number of rotatable bonds is 13. The average molecular weight is 638 g/mol. The molecule has 4 rings (SSSR count). The fourth-order valence-corrected chi connectivity index (χ4v) is 5.87. The highest BCUT2D eigenvalue weighted by atomic mass is 32.1. The highest BCUT2D eigenvalue weighted by Crippen LogP contribution is 2.28. The summed E-state index contributed by atoms with van der Waals surface area (Å²) in [6, 6.07) is 13.2. The molecule has 1 aliphatic heterocycles. The van der Waals surface area contributed by atoms with Gasteiger partial charge in [-0.15, -0.1) is 11.3 Å². The number of thiazole rings is 1. The molecule has 0 bridgehead atoms. The van der Waals surface area contributed by atoms with Crippen LogP contribution < -0.4 is 21.1 Å². The maximum atomic E-state index is 13.8. The lowest BCUT2D eigenvalue weighted by Crippen LogP contribution is -2.58. The van der Waals surface area contributed by atoms with Crippen LogP contribution in [0.2, 0.25) is 0 Å². The molecule has 1 aromatic heterocycles. The Balaban J connectivity index is 1.27. The molecule has 0 unspecified atom stereocenters. The Morgan fingerprint density at radius 3 is 2.47 bits per heavy atom. The summed E-state index contributed by atoms with van der Waals surface area (Å²) < 4.78 is 11.1. The van der Waals surface area contributed by atoms with Crippen LogP contribution in [0, 0.1) is 12.3 Å². The Bertz CT molecular complexity index is 1440. The summed E-state index contributed by atoms with van der Waals surface area (Å²) in [6.07, 6.45) is -0.160. The molecule has 2 aromatic carbocycles. The zero-order chi connectivity index (χ0) is 32.6. The second kappa shape index (κ2) is 15.3. The number of nitrogens with zero attached hydrogens (tertiary/aromatic N) is 2. The Kier molecular flexibility index (Phi) is 11.5. The van der Waals surface area contributed by atoms with Gasteiger partial charge in [0.2, 0.25) is 17.7 Å². The van der Waals surface area contributed by atoms with Crippen LogP contribution in [-0.2, 0) is 25.7 Å². The third-order valence-electron chi connectivity index (χ3n) is 7.53. The zero-order valence-corrected chi connectivity index (χ0v) is 27.1. The predicted molar refractivity (Wildman–Crippen MR) is 173 cm³/mol. The molecule has 3 atom stereocenters. The summed E-state index contributed by atoms with van der Waals surface area (Å²) >= 11 is 1.58. The SMILES string of the molecule is Cc1ncsc1-c1ccc(CNC(=O)[C@@H]2C[C@@H](O)CN2C(=O)[C@@H](NC(=O)COCCCOc2ccc(N)cc2)C(C)(C)C)cc1. The van der Waals surface area contributed by atoms with Gasteiger partial charge in [0.25, 0.3) is 0 Å². The largest absolute Gasteiger partial charge is 0.494 e. The first-order chi connectivity index (χ1) is 21.4. The van der Waals surface area contributed by atoms with Crippen LogP contribution in [0.15, 0.2) is 54.0 Å². The van der Waals surface area contributed by atoms with E-state index in [4.69, 9.17) is 15.2 Å². The van der Waals surface area contributed by atoms with Gasteiger partial charge in [0.1, 0.15) is 24.4 Å². The van der Waals surface area contributed by atoms with Gasteiger partial charge in [-0.25, -0.2) is 4.98 Å². The Hall–Kier alpha value is -4.00. The molecule has 45 heavy (non-hydrogen) atoms. The van der Waals surface area contributed by atoms with Gasteiger partial charge in [-0.1, -0.05) is 45.0 Å². The quantitative estimate of drug-likeness (QED) is 0.164. The summed E-state index contributed by atoms with van der Waals surface area (Å²) in [5.74, 6) is -0.524. The van der Waals surface area contributed by atoms with E-state index in [0.29, 0.717) is 31.1 Å². The summed E-state index contributed by atoms with van der Waals surface area (Å²) in [5.41, 5.74) is 10.4. The number of nitrogens with one attached hydrogen (secondary N) is 2. The van der Waals surface area contributed by atoms with Crippen LogP contribution >= 0.6 is 11.3 Å². The van der Waals surface area contributed by atoms with Gasteiger partial charge >= 0.3 is 0 Å². The molecular weight excluding hydrogens is 594 g/mol. The third-order valence-corrected chi connectivity index (χ3v) is 8.50. The Morgan fingerprint density at radius 2 is 1.82 bits per heavy atom. The number of hydrogen-bond acceptors (Lipinski definition) is 9. The van der Waals surface area contributed by atoms with E-state index in [9.17, 15) is 19.5 Å². The van der Waals surface area contributed by atoms with Crippen molar-refractivity contribution in [1.82, 2.24) is 20.5 Å². The number of carbonyl (C=O) groups is 3. The number of aromatic nitrogens is 1. The highest BCUT2D eigenvalue weighted by molar-refractivity contribution is 7.13. The lowest BCUT2D eigenvalue weighted by Gasteiger charge is -2.35. The number of carbonyl (C=O) groups excluding carboxylic acids is 3. The second-order valence-electron chi connectivity index (χ2n) is 12.3. The molecule has 11 nitrogen and oxygen atoms in total. The molecule has 12 heteroatoms. The minimum Gasteiger partial charge on any atom is -0.494 e. The van der Waals surface area contributed by atoms with Crippen molar-refractivity contribution in [2.75, 3.05) is 32.1 Å². The number of nitrogens with two attached hydrogens (primary N) is 1. The second-order valence-corrected chi connectivity index (χ2v) is 13.1. The number of aryl methyl sites for hydroxylation is 1. The first-order valence-corrected chi connectivity index (χ1v) is 15.9. The van der Waals surface area contributed by atoms with E-state index in [1.165, 1.54) is 4.90 Å². The number of aliphatic hydroxyl groups is 1. The van der Waals surface area contributed by atoms with E-state index < -0.39 is 35.4 Å². The van der Waals surface area contributed by atoms with E-state index in [1.54, 1.807) is 35.6 Å². The van der Waals surface area contributed by atoms with Crippen LogP contribution in [0.3, 0.4) is 0 Å². The number of amides is 3. The minimum atomic E-state index is -0.925. The number of ether oxygens (including phenoxy) is 2. The van der Waals surface area contributed by atoms with Crippen molar-refractivity contribution in [3.8, 4) is 16.2 Å². The van der Waals surface area contributed by atoms with Crippen molar-refractivity contribution in [2.45, 2.75) is 65.3 Å². The summed E-state index contributed by atoms with van der Waals surface area (Å²) in [4.78, 5) is 46.6. The van der Waals surface area contributed by atoms with Crippen molar-refractivity contribution in [1.29, 1.82) is 0 Å². The number of anilines is 1. The Labute approximate surface area is 268 Å². The predicted octanol–water partition coefficient (Wildman–Crippen LogP) is 3.30. The summed E-state index contributed by atoms with van der Waals surface area (Å²) in [5, 5.41) is 16.1. The monoisotopic (exact) mass is 637 g/mol. The normalized spacial score (nSPS) is 17.1. The number of aliphatic hydroxyl groups excluding tert-OH is 1. The topological polar surface area (TPSA) is 156 Å². The van der Waals surface area contributed by atoms with E-state index in [1.807, 2.05) is 57.5 Å². The molecule has 0 spiro atoms. The van der Waals surface area contributed by atoms with Gasteiger partial charge in [-0.3, -0.25) is 14.4 Å². The molecule has 3 aromatic rings. The van der Waals surface area contributed by atoms with Gasteiger partial charge in [0.15, 0.2) is 0 Å². The molecule has 3 amide bonds. The van der Waals surface area contributed by atoms with Crippen LogP contribution in [0.4, 0.5) is 5.69 Å². The zero-order valence-electron chi connectivity index (χ0n) is 26.2. The van der Waals surface area contributed by atoms with E-state index in [-0.39, 0.29) is 32.0 Å². The standard InChI is InChI=1S/C33H43N5O6S/c1-21-29(45-20-36-21)23-8-6-22(7-9-23)17-35-31(41)27-16-25(39)18-38(27)32(42)30(33(2,3)4)37-28(40)19-43-14-5-15-44-26-12-10-24(34)11-13-26/h6-13,20,25,27,30,39H,5,14-19,34H2,1-4H3,(H,35,41)(H,37,40)/t25-,27+,30-/m1/s1. The Morgan fingerprint density at radius 1 is 1.11 bits per heavy atom. The maximum absolute atomic E-state index is 13.8. The van der Waals surface area contributed by atoms with Crippen LogP contribution in [-0.4, -0.2) is 77.3 Å². The number of likely N-dealkylation sites (tertiary alicyclic amines) is 1. The fraction of sp³-hybridized carbons (Fsp3) is 0.455. The van der Waals surface area contributed by atoms with Crippen molar-refractivity contribution in [3.05, 3.63) is 65.3 Å². The van der Waals surface area contributed by atoms with Crippen molar-refractivity contribution >= 4 is 34.7 Å². The maximum Gasteiger partial charge on any atom is 0.246 e. The van der Waals surface area contributed by atoms with Gasteiger partial charge in [-0.05, 0) is 47.7 Å². The van der Waals surface area contributed by atoms with Crippen LogP contribution in [0.25, 0.3) is 10.4 Å². The first kappa shape index (κ1) is 33.9. The third kappa shape index (κ3) is 9.49. The van der Waals surface area contributed by atoms with E-state index in [0.717, 1.165) is 21.7 Å².